The van der Waals surface area contributed by atoms with E-state index in [1.807, 2.05) is 18.0 Å². The fourth-order valence-electron chi connectivity index (χ4n) is 1.44. The Morgan fingerprint density at radius 2 is 2.11 bits per heavy atom. The van der Waals surface area contributed by atoms with Crippen LogP contribution in [0.3, 0.4) is 0 Å². The molecule has 1 heterocycles. The molecule has 0 aliphatic rings. The van der Waals surface area contributed by atoms with E-state index in [4.69, 9.17) is 4.74 Å². The molecule has 0 saturated carbocycles. The van der Waals surface area contributed by atoms with E-state index in [-0.39, 0.29) is 11.8 Å². The van der Waals surface area contributed by atoms with E-state index in [1.54, 1.807) is 19.2 Å². The third kappa shape index (κ3) is 4.16. The van der Waals surface area contributed by atoms with Gasteiger partial charge in [0.05, 0.1) is 24.9 Å². The molecule has 0 radical (unpaired) electrons. The Morgan fingerprint density at radius 1 is 1.39 bits per heavy atom. The minimum atomic E-state index is -0.210. The lowest BCUT2D eigenvalue weighted by atomic mass is 10.2. The maximum Gasteiger partial charge on any atom is 0.307 e. The molecule has 0 saturated heterocycles. The molecule has 0 spiro atoms. The summed E-state index contributed by atoms with van der Waals surface area (Å²) in [7, 11) is 1.86. The number of esters is 1. The van der Waals surface area contributed by atoms with Gasteiger partial charge in [0.15, 0.2) is 5.78 Å². The third-order valence-electron chi connectivity index (χ3n) is 2.51. The molecule has 0 unspecified atom stereocenters. The molecule has 0 aromatic carbocycles. The maximum atomic E-state index is 11.2. The van der Waals surface area contributed by atoms with Gasteiger partial charge in [0.1, 0.15) is 5.69 Å². The van der Waals surface area contributed by atoms with Crippen LogP contribution in [0.25, 0.3) is 0 Å². The summed E-state index contributed by atoms with van der Waals surface area (Å²) in [6.07, 6.45) is 1.96. The van der Waals surface area contributed by atoms with E-state index < -0.39 is 0 Å². The zero-order chi connectivity index (χ0) is 13.5. The SMILES string of the molecule is CCOC(=O)CCN(C)c1ccc(C(C)=O)nc1. The van der Waals surface area contributed by atoms with Crippen molar-refractivity contribution in [1.29, 1.82) is 0 Å². The van der Waals surface area contributed by atoms with Crippen molar-refractivity contribution in [2.45, 2.75) is 20.3 Å². The highest BCUT2D eigenvalue weighted by Gasteiger charge is 2.07. The number of hydrogen-bond donors (Lipinski definition) is 0. The van der Waals surface area contributed by atoms with Crippen molar-refractivity contribution >= 4 is 17.4 Å². The summed E-state index contributed by atoms with van der Waals surface area (Å²) in [5.74, 6) is -0.270. The van der Waals surface area contributed by atoms with Crippen molar-refractivity contribution in [3.63, 3.8) is 0 Å². The molecule has 0 atom stereocenters. The molecule has 1 aromatic heterocycles. The number of ether oxygens (including phenoxy) is 1. The molecular formula is C13H18N2O3. The Hall–Kier alpha value is -1.91. The molecular weight excluding hydrogens is 232 g/mol. The number of ketones is 1. The van der Waals surface area contributed by atoms with Gasteiger partial charge in [-0.25, -0.2) is 0 Å². The summed E-state index contributed by atoms with van der Waals surface area (Å²) in [4.78, 5) is 28.2. The fourth-order valence-corrected chi connectivity index (χ4v) is 1.44. The van der Waals surface area contributed by atoms with Gasteiger partial charge >= 0.3 is 5.97 Å². The van der Waals surface area contributed by atoms with Gasteiger partial charge in [-0.2, -0.15) is 0 Å². The molecule has 98 valence electrons. The van der Waals surface area contributed by atoms with Gasteiger partial charge in [0.25, 0.3) is 0 Å². The Kier molecular flexibility index (Phi) is 5.30. The number of pyridine rings is 1. The number of Topliss-reactive ketones (excluding diaryl/α,β-unsaturated/α-hetero) is 1. The first-order valence-corrected chi connectivity index (χ1v) is 5.88. The van der Waals surface area contributed by atoms with E-state index in [0.29, 0.717) is 25.3 Å². The quantitative estimate of drug-likeness (QED) is 0.568. The monoisotopic (exact) mass is 250 g/mol. The van der Waals surface area contributed by atoms with Crippen molar-refractivity contribution < 1.29 is 14.3 Å². The summed E-state index contributed by atoms with van der Waals surface area (Å²) in [5, 5.41) is 0. The van der Waals surface area contributed by atoms with Crippen molar-refractivity contribution in [3.05, 3.63) is 24.0 Å². The van der Waals surface area contributed by atoms with Crippen LogP contribution in [0.2, 0.25) is 0 Å². The zero-order valence-corrected chi connectivity index (χ0v) is 11.0. The number of aromatic nitrogens is 1. The van der Waals surface area contributed by atoms with E-state index in [1.165, 1.54) is 6.92 Å². The van der Waals surface area contributed by atoms with E-state index in [0.717, 1.165) is 5.69 Å². The smallest absolute Gasteiger partial charge is 0.307 e. The molecule has 0 aliphatic heterocycles. The molecule has 5 heteroatoms. The van der Waals surface area contributed by atoms with E-state index >= 15 is 0 Å². The fraction of sp³-hybridized carbons (Fsp3) is 0.462. The number of carbonyl (C=O) groups is 2. The van der Waals surface area contributed by atoms with Crippen LogP contribution in [-0.4, -0.2) is 36.9 Å². The van der Waals surface area contributed by atoms with Gasteiger partial charge < -0.3 is 9.64 Å². The highest BCUT2D eigenvalue weighted by Crippen LogP contribution is 2.12. The largest absolute Gasteiger partial charge is 0.466 e. The number of rotatable bonds is 6. The van der Waals surface area contributed by atoms with Crippen LogP contribution in [0.15, 0.2) is 18.3 Å². The van der Waals surface area contributed by atoms with Gasteiger partial charge in [-0.05, 0) is 19.1 Å². The molecule has 18 heavy (non-hydrogen) atoms. The summed E-state index contributed by atoms with van der Waals surface area (Å²) < 4.78 is 4.85. The number of hydrogen-bond acceptors (Lipinski definition) is 5. The van der Waals surface area contributed by atoms with Crippen LogP contribution >= 0.6 is 0 Å². The predicted octanol–water partition coefficient (Wildman–Crippen LogP) is 1.67. The van der Waals surface area contributed by atoms with Crippen molar-refractivity contribution in [3.8, 4) is 0 Å². The summed E-state index contributed by atoms with van der Waals surface area (Å²) in [6, 6.07) is 3.49. The van der Waals surface area contributed by atoms with E-state index in [9.17, 15) is 9.59 Å². The molecule has 0 N–H and O–H groups in total. The van der Waals surface area contributed by atoms with Crippen LogP contribution in [0, 0.1) is 0 Å². The second-order valence-corrected chi connectivity index (χ2v) is 3.93. The second-order valence-electron chi connectivity index (χ2n) is 3.93. The lowest BCUT2D eigenvalue weighted by Crippen LogP contribution is -2.22. The topological polar surface area (TPSA) is 59.5 Å². The van der Waals surface area contributed by atoms with Gasteiger partial charge in [-0.1, -0.05) is 0 Å². The minimum Gasteiger partial charge on any atom is -0.466 e. The molecule has 5 nitrogen and oxygen atoms in total. The first kappa shape index (κ1) is 14.2. The Balaban J connectivity index is 2.53. The average Bonchev–Trinajstić information content (AvgIpc) is 2.36. The van der Waals surface area contributed by atoms with Crippen LogP contribution in [-0.2, 0) is 9.53 Å². The van der Waals surface area contributed by atoms with Crippen molar-refractivity contribution in [2.24, 2.45) is 0 Å². The Bertz CT molecular complexity index is 415. The zero-order valence-electron chi connectivity index (χ0n) is 11.0. The first-order valence-electron chi connectivity index (χ1n) is 5.88. The standard InChI is InChI=1S/C13H18N2O3/c1-4-18-13(17)7-8-15(3)11-5-6-12(10(2)16)14-9-11/h5-6,9H,4,7-8H2,1-3H3. The molecule has 0 aliphatic carbocycles. The molecule has 1 aromatic rings. The van der Waals surface area contributed by atoms with Crippen LogP contribution in [0.4, 0.5) is 5.69 Å². The lowest BCUT2D eigenvalue weighted by Gasteiger charge is -2.18. The van der Waals surface area contributed by atoms with Crippen LogP contribution < -0.4 is 4.90 Å². The molecule has 0 fully saturated rings. The Labute approximate surface area is 107 Å². The highest BCUT2D eigenvalue weighted by molar-refractivity contribution is 5.92. The predicted molar refractivity (Wildman–Crippen MR) is 68.8 cm³/mol. The lowest BCUT2D eigenvalue weighted by molar-refractivity contribution is -0.142. The summed E-state index contributed by atoms with van der Waals surface area (Å²) in [5.41, 5.74) is 1.31. The Morgan fingerprint density at radius 3 is 2.61 bits per heavy atom. The summed E-state index contributed by atoms with van der Waals surface area (Å²) in [6.45, 7) is 4.22. The normalized spacial score (nSPS) is 9.94. The van der Waals surface area contributed by atoms with Gasteiger partial charge in [-0.3, -0.25) is 14.6 Å². The first-order chi connectivity index (χ1) is 8.54. The molecule has 0 amide bonds. The van der Waals surface area contributed by atoms with Gasteiger partial charge in [-0.15, -0.1) is 0 Å². The van der Waals surface area contributed by atoms with Gasteiger partial charge in [0.2, 0.25) is 0 Å². The van der Waals surface area contributed by atoms with Gasteiger partial charge in [0, 0.05) is 20.5 Å². The number of anilines is 1. The number of nitrogens with zero attached hydrogens (tertiary/aromatic N) is 2. The van der Waals surface area contributed by atoms with Crippen molar-refractivity contribution in [2.75, 3.05) is 25.1 Å². The average molecular weight is 250 g/mol. The second kappa shape index (κ2) is 6.74. The maximum absolute atomic E-state index is 11.2. The minimum absolute atomic E-state index is 0.0595. The van der Waals surface area contributed by atoms with Crippen LogP contribution in [0.5, 0.6) is 0 Å². The summed E-state index contributed by atoms with van der Waals surface area (Å²) >= 11 is 0. The van der Waals surface area contributed by atoms with Crippen LogP contribution in [0.1, 0.15) is 30.8 Å². The van der Waals surface area contributed by atoms with Crippen molar-refractivity contribution in [1.82, 2.24) is 4.98 Å². The van der Waals surface area contributed by atoms with E-state index in [2.05, 4.69) is 4.98 Å². The highest BCUT2D eigenvalue weighted by atomic mass is 16.5. The molecule has 0 bridgehead atoms. The number of carbonyl (C=O) groups excluding carboxylic acids is 2. The third-order valence-corrected chi connectivity index (χ3v) is 2.51. The molecule has 1 rings (SSSR count).